The molecular formula is C10H4Cl2F3N3. The van der Waals surface area contributed by atoms with Crippen molar-refractivity contribution in [2.24, 2.45) is 5.11 Å². The van der Waals surface area contributed by atoms with Gasteiger partial charge in [-0.25, -0.2) is 0 Å². The van der Waals surface area contributed by atoms with Gasteiger partial charge in [-0.05, 0) is 17.7 Å². The summed E-state index contributed by atoms with van der Waals surface area (Å²) in [5.41, 5.74) is 7.13. The van der Waals surface area contributed by atoms with E-state index in [4.69, 9.17) is 28.7 Å². The summed E-state index contributed by atoms with van der Waals surface area (Å²) >= 11 is 11.3. The minimum Gasteiger partial charge on any atom is -0.166 e. The van der Waals surface area contributed by atoms with Crippen LogP contribution in [0.5, 0.6) is 0 Å². The van der Waals surface area contributed by atoms with Crippen molar-refractivity contribution in [2.75, 3.05) is 6.54 Å². The molecule has 0 unspecified atom stereocenters. The summed E-state index contributed by atoms with van der Waals surface area (Å²) in [4.78, 5) is 2.47. The lowest BCUT2D eigenvalue weighted by Gasteiger charge is -2.09. The Morgan fingerprint density at radius 1 is 1.28 bits per heavy atom. The second-order valence-electron chi connectivity index (χ2n) is 3.00. The number of rotatable bonds is 1. The summed E-state index contributed by atoms with van der Waals surface area (Å²) in [6.07, 6.45) is -4.52. The molecule has 1 rings (SSSR count). The van der Waals surface area contributed by atoms with Crippen molar-refractivity contribution >= 4 is 23.2 Å². The minimum absolute atomic E-state index is 0.0690. The number of hydrogen-bond acceptors (Lipinski definition) is 1. The molecule has 0 radical (unpaired) electrons. The van der Waals surface area contributed by atoms with Gasteiger partial charge in [-0.15, -0.1) is 0 Å². The molecule has 0 saturated carbocycles. The zero-order valence-electron chi connectivity index (χ0n) is 8.59. The predicted molar refractivity (Wildman–Crippen MR) is 62.4 cm³/mol. The molecule has 0 N–H and O–H groups in total. The molecule has 0 heterocycles. The Labute approximate surface area is 110 Å². The van der Waals surface area contributed by atoms with Crippen LogP contribution < -0.4 is 0 Å². The lowest BCUT2D eigenvalue weighted by Crippen LogP contribution is -2.05. The number of hydrogen-bond donors (Lipinski definition) is 0. The van der Waals surface area contributed by atoms with Crippen LogP contribution in [-0.2, 0) is 6.18 Å². The van der Waals surface area contributed by atoms with E-state index in [1.807, 2.05) is 0 Å². The first kappa shape index (κ1) is 14.5. The quantitative estimate of drug-likeness (QED) is 0.313. The minimum atomic E-state index is -4.52. The van der Waals surface area contributed by atoms with Gasteiger partial charge >= 0.3 is 6.18 Å². The van der Waals surface area contributed by atoms with E-state index in [2.05, 4.69) is 21.9 Å². The highest BCUT2D eigenvalue weighted by Crippen LogP contribution is 2.35. The molecule has 0 aliphatic heterocycles. The van der Waals surface area contributed by atoms with E-state index >= 15 is 0 Å². The highest BCUT2D eigenvalue weighted by molar-refractivity contribution is 6.36. The fourth-order valence-electron chi connectivity index (χ4n) is 1.05. The van der Waals surface area contributed by atoms with Gasteiger partial charge in [-0.3, -0.25) is 0 Å². The van der Waals surface area contributed by atoms with Gasteiger partial charge in [-0.1, -0.05) is 40.2 Å². The second kappa shape index (κ2) is 5.87. The van der Waals surface area contributed by atoms with Crippen LogP contribution in [0.4, 0.5) is 13.2 Å². The van der Waals surface area contributed by atoms with Gasteiger partial charge in [0.15, 0.2) is 0 Å². The van der Waals surface area contributed by atoms with Crippen LogP contribution in [-0.4, -0.2) is 6.54 Å². The van der Waals surface area contributed by atoms with Crippen molar-refractivity contribution in [3.05, 3.63) is 43.7 Å². The van der Waals surface area contributed by atoms with Gasteiger partial charge in [0.1, 0.15) is 0 Å². The van der Waals surface area contributed by atoms with Crippen molar-refractivity contribution in [1.29, 1.82) is 0 Å². The van der Waals surface area contributed by atoms with Crippen LogP contribution in [0.2, 0.25) is 10.0 Å². The van der Waals surface area contributed by atoms with Crippen LogP contribution in [0.3, 0.4) is 0 Å². The molecule has 0 fully saturated rings. The maximum atomic E-state index is 12.4. The second-order valence-corrected chi connectivity index (χ2v) is 3.82. The third-order valence-electron chi connectivity index (χ3n) is 1.80. The Kier molecular flexibility index (Phi) is 4.74. The molecule has 1 aromatic carbocycles. The molecule has 3 nitrogen and oxygen atoms in total. The Morgan fingerprint density at radius 2 is 1.83 bits per heavy atom. The van der Waals surface area contributed by atoms with Gasteiger partial charge in [0.25, 0.3) is 0 Å². The average molecular weight is 294 g/mol. The highest BCUT2D eigenvalue weighted by atomic mass is 35.5. The standard InChI is InChI=1S/C10H4Cl2F3N3/c11-8-4-6(10(13,14)15)5-9(12)7(8)2-1-3-17-18-16/h4-5H,3H2. The van der Waals surface area contributed by atoms with E-state index < -0.39 is 11.7 Å². The number of benzene rings is 1. The van der Waals surface area contributed by atoms with E-state index in [1.165, 1.54) is 0 Å². The van der Waals surface area contributed by atoms with Crippen LogP contribution >= 0.6 is 23.2 Å². The fraction of sp³-hybridized carbons (Fsp3) is 0.200. The molecule has 18 heavy (non-hydrogen) atoms. The summed E-state index contributed by atoms with van der Waals surface area (Å²) in [5.74, 6) is 4.87. The van der Waals surface area contributed by atoms with E-state index in [9.17, 15) is 13.2 Å². The van der Waals surface area contributed by atoms with Crippen LogP contribution in [0.1, 0.15) is 11.1 Å². The van der Waals surface area contributed by atoms with Crippen LogP contribution in [0.25, 0.3) is 10.4 Å². The fourth-order valence-corrected chi connectivity index (χ4v) is 1.63. The molecule has 0 bridgehead atoms. The molecule has 0 aliphatic rings. The molecular weight excluding hydrogens is 290 g/mol. The van der Waals surface area contributed by atoms with Crippen molar-refractivity contribution in [1.82, 2.24) is 0 Å². The van der Waals surface area contributed by atoms with Crippen LogP contribution in [0.15, 0.2) is 17.2 Å². The van der Waals surface area contributed by atoms with Gasteiger partial charge in [0.2, 0.25) is 0 Å². The Bertz CT molecular complexity index is 543. The number of nitrogens with zero attached hydrogens (tertiary/aromatic N) is 3. The van der Waals surface area contributed by atoms with E-state index in [0.717, 1.165) is 12.1 Å². The number of alkyl halides is 3. The third-order valence-corrected chi connectivity index (χ3v) is 2.39. The molecule has 0 saturated heterocycles. The van der Waals surface area contributed by atoms with E-state index in [1.54, 1.807) is 0 Å². The van der Waals surface area contributed by atoms with Gasteiger partial charge in [-0.2, -0.15) is 13.2 Å². The molecule has 0 amide bonds. The number of halogens is 5. The largest absolute Gasteiger partial charge is 0.416 e. The number of azide groups is 1. The Hall–Kier alpha value is -1.54. The van der Waals surface area contributed by atoms with Crippen molar-refractivity contribution in [3.8, 4) is 11.8 Å². The molecule has 8 heteroatoms. The van der Waals surface area contributed by atoms with Crippen molar-refractivity contribution < 1.29 is 13.2 Å². The molecule has 94 valence electrons. The topological polar surface area (TPSA) is 48.8 Å². The molecule has 1 aromatic rings. The maximum Gasteiger partial charge on any atom is 0.416 e. The van der Waals surface area contributed by atoms with Gasteiger partial charge in [0.05, 0.1) is 27.7 Å². The molecule has 0 aliphatic carbocycles. The third kappa shape index (κ3) is 3.74. The molecule has 0 spiro atoms. The summed E-state index contributed by atoms with van der Waals surface area (Å²) in [6.45, 7) is -0.121. The zero-order valence-corrected chi connectivity index (χ0v) is 10.1. The van der Waals surface area contributed by atoms with Gasteiger partial charge in [0, 0.05) is 4.91 Å². The van der Waals surface area contributed by atoms with E-state index in [-0.39, 0.29) is 22.2 Å². The molecule has 0 aromatic heterocycles. The monoisotopic (exact) mass is 293 g/mol. The lowest BCUT2D eigenvalue weighted by atomic mass is 10.1. The maximum absolute atomic E-state index is 12.4. The first-order valence-corrected chi connectivity index (χ1v) is 5.18. The highest BCUT2D eigenvalue weighted by Gasteiger charge is 2.31. The van der Waals surface area contributed by atoms with E-state index in [0.29, 0.717) is 0 Å². The first-order valence-electron chi connectivity index (χ1n) is 4.42. The summed E-state index contributed by atoms with van der Waals surface area (Å²) < 4.78 is 37.3. The van der Waals surface area contributed by atoms with Crippen molar-refractivity contribution in [3.63, 3.8) is 0 Å². The smallest absolute Gasteiger partial charge is 0.166 e. The summed E-state index contributed by atoms with van der Waals surface area (Å²) in [5, 5.41) is 2.73. The van der Waals surface area contributed by atoms with Crippen molar-refractivity contribution in [2.45, 2.75) is 6.18 Å². The van der Waals surface area contributed by atoms with Gasteiger partial charge < -0.3 is 0 Å². The summed E-state index contributed by atoms with van der Waals surface area (Å²) in [6, 6.07) is 1.48. The zero-order chi connectivity index (χ0) is 13.8. The summed E-state index contributed by atoms with van der Waals surface area (Å²) in [7, 11) is 0. The molecule has 0 atom stereocenters. The first-order chi connectivity index (χ1) is 8.36. The SMILES string of the molecule is [N-]=[N+]=NCC#Cc1c(Cl)cc(C(F)(F)F)cc1Cl. The Balaban J connectivity index is 3.15. The normalized spacial score (nSPS) is 10.3. The predicted octanol–water partition coefficient (Wildman–Crippen LogP) is 4.67. The Morgan fingerprint density at radius 3 is 2.28 bits per heavy atom. The lowest BCUT2D eigenvalue weighted by molar-refractivity contribution is -0.137. The van der Waals surface area contributed by atoms with Crippen LogP contribution in [0, 0.1) is 11.8 Å². The average Bonchev–Trinajstić information content (AvgIpc) is 2.25.